The molecule has 2 heterocycles. The molecule has 0 bridgehead atoms. The Hall–Kier alpha value is -0.170. The maximum atomic E-state index is 5.49. The van der Waals surface area contributed by atoms with Gasteiger partial charge in [0.15, 0.2) is 0 Å². The number of rotatable bonds is 4. The molecule has 0 unspecified atom stereocenters. The molecule has 17 heavy (non-hydrogen) atoms. The smallest absolute Gasteiger partial charge is 0.236 e. The molecule has 0 radical (unpaired) electrons. The zero-order chi connectivity index (χ0) is 11.8. The van der Waals surface area contributed by atoms with Crippen LogP contribution in [0, 0.1) is 0 Å². The van der Waals surface area contributed by atoms with Crippen molar-refractivity contribution in [3.8, 4) is 10.8 Å². The zero-order valence-corrected chi connectivity index (χ0v) is 12.9. The second-order valence-electron chi connectivity index (χ2n) is 4.03. The van der Waals surface area contributed by atoms with Crippen LogP contribution in [0.5, 0.6) is 0 Å². The largest absolute Gasteiger partial charge is 0.444 e. The highest BCUT2D eigenvalue weighted by atomic mass is 79.9. The van der Waals surface area contributed by atoms with Crippen molar-refractivity contribution in [2.45, 2.75) is 25.4 Å². The first kappa shape index (κ1) is 11.9. The Balaban J connectivity index is 1.74. The lowest BCUT2D eigenvalue weighted by molar-refractivity contribution is 0.571. The first-order valence-electron chi connectivity index (χ1n) is 5.35. The molecule has 90 valence electrons. The third-order valence-corrected chi connectivity index (χ3v) is 5.80. The highest BCUT2D eigenvalue weighted by Crippen LogP contribution is 2.37. The van der Waals surface area contributed by atoms with Gasteiger partial charge in [0, 0.05) is 17.1 Å². The van der Waals surface area contributed by atoms with E-state index in [-0.39, 0.29) is 0 Å². The van der Waals surface area contributed by atoms with Gasteiger partial charge in [-0.15, -0.1) is 11.3 Å². The standard InChI is InChI=1S/C11H10Br2N2OS/c12-8-3-9(17-10(8)13)11-15-7(5-16-11)4-14-6-1-2-6/h3,5-6,14H,1-2,4H2. The third-order valence-electron chi connectivity index (χ3n) is 2.56. The van der Waals surface area contributed by atoms with Crippen molar-refractivity contribution >= 4 is 43.2 Å². The van der Waals surface area contributed by atoms with E-state index in [1.807, 2.05) is 6.07 Å². The fourth-order valence-electron chi connectivity index (χ4n) is 1.49. The fourth-order valence-corrected chi connectivity index (χ4v) is 3.46. The van der Waals surface area contributed by atoms with Gasteiger partial charge in [-0.1, -0.05) is 0 Å². The minimum Gasteiger partial charge on any atom is -0.444 e. The summed E-state index contributed by atoms with van der Waals surface area (Å²) in [5.74, 6) is 0.689. The maximum Gasteiger partial charge on any atom is 0.236 e. The molecule has 3 rings (SSSR count). The quantitative estimate of drug-likeness (QED) is 0.868. The van der Waals surface area contributed by atoms with E-state index >= 15 is 0 Å². The summed E-state index contributed by atoms with van der Waals surface area (Å²) in [7, 11) is 0. The molecular weight excluding hydrogens is 368 g/mol. The Morgan fingerprint density at radius 2 is 2.29 bits per heavy atom. The summed E-state index contributed by atoms with van der Waals surface area (Å²) in [6.45, 7) is 0.794. The topological polar surface area (TPSA) is 38.1 Å². The summed E-state index contributed by atoms with van der Waals surface area (Å²) >= 11 is 8.54. The lowest BCUT2D eigenvalue weighted by Gasteiger charge is -1.95. The molecule has 1 N–H and O–H groups in total. The Morgan fingerprint density at radius 3 is 2.94 bits per heavy atom. The van der Waals surface area contributed by atoms with Crippen molar-refractivity contribution in [3.63, 3.8) is 0 Å². The Kier molecular flexibility index (Phi) is 3.38. The van der Waals surface area contributed by atoms with Crippen molar-refractivity contribution < 1.29 is 4.42 Å². The fraction of sp³-hybridized carbons (Fsp3) is 0.364. The van der Waals surface area contributed by atoms with Gasteiger partial charge in [-0.25, -0.2) is 4.98 Å². The molecule has 0 aliphatic heterocycles. The van der Waals surface area contributed by atoms with E-state index in [1.54, 1.807) is 17.6 Å². The van der Waals surface area contributed by atoms with Crippen LogP contribution in [0.4, 0.5) is 0 Å². The van der Waals surface area contributed by atoms with Gasteiger partial charge in [0.25, 0.3) is 0 Å². The lowest BCUT2D eigenvalue weighted by Crippen LogP contribution is -2.15. The second kappa shape index (κ2) is 4.84. The van der Waals surface area contributed by atoms with Crippen LogP contribution in [0.15, 0.2) is 25.0 Å². The monoisotopic (exact) mass is 376 g/mol. The van der Waals surface area contributed by atoms with Crippen LogP contribution in [-0.2, 0) is 6.54 Å². The first-order chi connectivity index (χ1) is 8.22. The van der Waals surface area contributed by atoms with Gasteiger partial charge in [-0.2, -0.15) is 0 Å². The summed E-state index contributed by atoms with van der Waals surface area (Å²) in [4.78, 5) is 5.50. The normalized spacial score (nSPS) is 15.4. The highest BCUT2D eigenvalue weighted by Gasteiger charge is 2.20. The Labute approximate surface area is 120 Å². The predicted molar refractivity (Wildman–Crippen MR) is 75.1 cm³/mol. The summed E-state index contributed by atoms with van der Waals surface area (Å²) in [5, 5.41) is 3.42. The van der Waals surface area contributed by atoms with Gasteiger partial charge in [-0.3, -0.25) is 0 Å². The van der Waals surface area contributed by atoms with E-state index in [9.17, 15) is 0 Å². The molecule has 0 saturated heterocycles. The van der Waals surface area contributed by atoms with Gasteiger partial charge in [0.1, 0.15) is 6.26 Å². The SMILES string of the molecule is Brc1cc(-c2nc(CNC3CC3)co2)sc1Br. The summed E-state index contributed by atoms with van der Waals surface area (Å²) in [6.07, 6.45) is 4.30. The van der Waals surface area contributed by atoms with Crippen molar-refractivity contribution in [2.75, 3.05) is 0 Å². The average Bonchev–Trinajstić information content (AvgIpc) is 2.92. The van der Waals surface area contributed by atoms with Crippen LogP contribution in [0.3, 0.4) is 0 Å². The van der Waals surface area contributed by atoms with E-state index < -0.39 is 0 Å². The molecule has 6 heteroatoms. The molecule has 0 spiro atoms. The van der Waals surface area contributed by atoms with Crippen LogP contribution in [0.2, 0.25) is 0 Å². The molecule has 2 aromatic heterocycles. The molecule has 3 nitrogen and oxygen atoms in total. The van der Waals surface area contributed by atoms with Crippen molar-refractivity contribution in [2.24, 2.45) is 0 Å². The minimum absolute atomic E-state index is 0.689. The lowest BCUT2D eigenvalue weighted by atomic mass is 10.4. The number of aromatic nitrogens is 1. The highest BCUT2D eigenvalue weighted by molar-refractivity contribution is 9.13. The maximum absolute atomic E-state index is 5.49. The zero-order valence-electron chi connectivity index (χ0n) is 8.87. The second-order valence-corrected chi connectivity index (χ2v) is 7.26. The van der Waals surface area contributed by atoms with Gasteiger partial charge in [0.2, 0.25) is 5.89 Å². The van der Waals surface area contributed by atoms with Gasteiger partial charge >= 0.3 is 0 Å². The van der Waals surface area contributed by atoms with E-state index in [1.165, 1.54) is 12.8 Å². The van der Waals surface area contributed by atoms with Crippen molar-refractivity contribution in [3.05, 3.63) is 26.3 Å². The number of hydrogen-bond donors (Lipinski definition) is 1. The molecule has 1 fully saturated rings. The number of halogens is 2. The third kappa shape index (κ3) is 2.81. The number of oxazole rings is 1. The first-order valence-corrected chi connectivity index (χ1v) is 7.75. The molecule has 1 aliphatic rings. The van der Waals surface area contributed by atoms with Crippen LogP contribution < -0.4 is 5.32 Å². The average molecular weight is 378 g/mol. The van der Waals surface area contributed by atoms with Crippen LogP contribution in [0.25, 0.3) is 10.8 Å². The van der Waals surface area contributed by atoms with Gasteiger partial charge in [0.05, 0.1) is 14.4 Å². The van der Waals surface area contributed by atoms with E-state index in [2.05, 4.69) is 42.2 Å². The summed E-state index contributed by atoms with van der Waals surface area (Å²) < 4.78 is 7.58. The van der Waals surface area contributed by atoms with Gasteiger partial charge < -0.3 is 9.73 Å². The number of hydrogen-bond acceptors (Lipinski definition) is 4. The van der Waals surface area contributed by atoms with Crippen molar-refractivity contribution in [1.29, 1.82) is 0 Å². The summed E-state index contributed by atoms with van der Waals surface area (Å²) in [6, 6.07) is 2.71. The molecular formula is C11H10Br2N2OS. The van der Waals surface area contributed by atoms with Crippen LogP contribution in [-0.4, -0.2) is 11.0 Å². The van der Waals surface area contributed by atoms with Crippen LogP contribution in [0.1, 0.15) is 18.5 Å². The van der Waals surface area contributed by atoms with E-state index in [0.29, 0.717) is 11.9 Å². The summed E-state index contributed by atoms with van der Waals surface area (Å²) in [5.41, 5.74) is 0.965. The van der Waals surface area contributed by atoms with Crippen molar-refractivity contribution in [1.82, 2.24) is 10.3 Å². The minimum atomic E-state index is 0.689. The molecule has 1 aliphatic carbocycles. The Morgan fingerprint density at radius 1 is 1.47 bits per heavy atom. The number of nitrogens with one attached hydrogen (secondary N) is 1. The van der Waals surface area contributed by atoms with Crippen LogP contribution >= 0.6 is 43.2 Å². The predicted octanol–water partition coefficient (Wildman–Crippen LogP) is 4.18. The molecule has 2 aromatic rings. The van der Waals surface area contributed by atoms with E-state index in [4.69, 9.17) is 4.42 Å². The molecule has 1 saturated carbocycles. The number of nitrogens with zero attached hydrogens (tertiary/aromatic N) is 1. The van der Waals surface area contributed by atoms with Gasteiger partial charge in [-0.05, 0) is 50.8 Å². The molecule has 0 amide bonds. The molecule has 0 aromatic carbocycles. The molecule has 0 atom stereocenters. The van der Waals surface area contributed by atoms with E-state index in [0.717, 1.165) is 25.4 Å². The Bertz CT molecular complexity index is 514. The number of thiophene rings is 1.